The SMILES string of the molecule is NC(=O)N(C(N)=O)c1ccc2ccccc2c1. The van der Waals surface area contributed by atoms with E-state index in [0.717, 1.165) is 15.7 Å². The van der Waals surface area contributed by atoms with Gasteiger partial charge in [0.15, 0.2) is 0 Å². The molecule has 0 bridgehead atoms. The topological polar surface area (TPSA) is 89.4 Å². The van der Waals surface area contributed by atoms with Crippen molar-refractivity contribution >= 4 is 28.5 Å². The van der Waals surface area contributed by atoms with Gasteiger partial charge in [-0.3, -0.25) is 0 Å². The second-order valence-corrected chi connectivity index (χ2v) is 3.54. The van der Waals surface area contributed by atoms with E-state index < -0.39 is 12.1 Å². The predicted molar refractivity (Wildman–Crippen MR) is 65.6 cm³/mol. The molecule has 0 spiro atoms. The number of rotatable bonds is 1. The number of nitrogens with zero attached hydrogens (tertiary/aromatic N) is 1. The van der Waals surface area contributed by atoms with Crippen LogP contribution in [0.1, 0.15) is 0 Å². The van der Waals surface area contributed by atoms with Gasteiger partial charge in [0, 0.05) is 0 Å². The monoisotopic (exact) mass is 229 g/mol. The van der Waals surface area contributed by atoms with Crippen LogP contribution in [-0.4, -0.2) is 12.1 Å². The van der Waals surface area contributed by atoms with E-state index >= 15 is 0 Å². The highest BCUT2D eigenvalue weighted by molar-refractivity contribution is 6.13. The maximum atomic E-state index is 11.1. The number of fused-ring (bicyclic) bond motifs is 1. The fraction of sp³-hybridized carbons (Fsp3) is 0. The van der Waals surface area contributed by atoms with Crippen LogP contribution in [0.3, 0.4) is 0 Å². The highest BCUT2D eigenvalue weighted by Crippen LogP contribution is 2.21. The maximum Gasteiger partial charge on any atom is 0.327 e. The van der Waals surface area contributed by atoms with E-state index in [4.69, 9.17) is 11.5 Å². The zero-order valence-electron chi connectivity index (χ0n) is 8.96. The summed E-state index contributed by atoms with van der Waals surface area (Å²) in [7, 11) is 0. The van der Waals surface area contributed by atoms with E-state index in [9.17, 15) is 9.59 Å². The summed E-state index contributed by atoms with van der Waals surface area (Å²) < 4.78 is 0. The van der Waals surface area contributed by atoms with E-state index in [1.165, 1.54) is 0 Å². The zero-order valence-corrected chi connectivity index (χ0v) is 8.96. The smallest absolute Gasteiger partial charge is 0.327 e. The van der Waals surface area contributed by atoms with Gasteiger partial charge in [0.2, 0.25) is 0 Å². The normalized spacial score (nSPS) is 10.1. The molecule has 17 heavy (non-hydrogen) atoms. The number of imide groups is 1. The van der Waals surface area contributed by atoms with Crippen LogP contribution in [0.25, 0.3) is 10.8 Å². The second-order valence-electron chi connectivity index (χ2n) is 3.54. The number of anilines is 1. The van der Waals surface area contributed by atoms with Crippen molar-refractivity contribution in [3.8, 4) is 0 Å². The molecule has 0 heterocycles. The van der Waals surface area contributed by atoms with Crippen LogP contribution < -0.4 is 16.4 Å². The quantitative estimate of drug-likeness (QED) is 0.780. The van der Waals surface area contributed by atoms with Crippen molar-refractivity contribution in [2.45, 2.75) is 0 Å². The van der Waals surface area contributed by atoms with Crippen molar-refractivity contribution in [3.05, 3.63) is 42.5 Å². The number of benzene rings is 2. The van der Waals surface area contributed by atoms with E-state index in [2.05, 4.69) is 0 Å². The molecule has 0 aromatic heterocycles. The molecule has 2 aromatic rings. The van der Waals surface area contributed by atoms with Crippen molar-refractivity contribution < 1.29 is 9.59 Å². The molecule has 0 saturated heterocycles. The summed E-state index contributed by atoms with van der Waals surface area (Å²) in [4.78, 5) is 23.0. The molecule has 0 aliphatic carbocycles. The summed E-state index contributed by atoms with van der Waals surface area (Å²) >= 11 is 0. The van der Waals surface area contributed by atoms with Gasteiger partial charge in [-0.2, -0.15) is 0 Å². The summed E-state index contributed by atoms with van der Waals surface area (Å²) in [6.45, 7) is 0. The number of carbonyl (C=O) groups excluding carboxylic acids is 2. The Morgan fingerprint density at radius 3 is 2.06 bits per heavy atom. The first-order chi connectivity index (χ1) is 8.09. The lowest BCUT2D eigenvalue weighted by Crippen LogP contribution is -2.44. The van der Waals surface area contributed by atoms with Gasteiger partial charge < -0.3 is 11.5 Å². The largest absolute Gasteiger partial charge is 0.351 e. The van der Waals surface area contributed by atoms with Crippen LogP contribution in [0.2, 0.25) is 0 Å². The Bertz CT molecular complexity index is 581. The molecule has 4 N–H and O–H groups in total. The minimum Gasteiger partial charge on any atom is -0.351 e. The number of amides is 4. The van der Waals surface area contributed by atoms with Gasteiger partial charge in [-0.1, -0.05) is 30.3 Å². The molecule has 86 valence electrons. The molecule has 2 rings (SSSR count). The van der Waals surface area contributed by atoms with Gasteiger partial charge in [0.05, 0.1) is 5.69 Å². The van der Waals surface area contributed by atoms with Crippen molar-refractivity contribution in [2.75, 3.05) is 4.90 Å². The number of carbonyl (C=O) groups is 2. The first kappa shape index (κ1) is 10.9. The minimum atomic E-state index is -0.896. The van der Waals surface area contributed by atoms with Gasteiger partial charge in [-0.15, -0.1) is 0 Å². The molecular formula is C12H11N3O2. The van der Waals surface area contributed by atoms with E-state index in [1.807, 2.05) is 24.3 Å². The zero-order chi connectivity index (χ0) is 12.4. The fourth-order valence-corrected chi connectivity index (χ4v) is 1.68. The van der Waals surface area contributed by atoms with Crippen LogP contribution >= 0.6 is 0 Å². The summed E-state index contributed by atoms with van der Waals surface area (Å²) in [5.41, 5.74) is 10.6. The third-order valence-electron chi connectivity index (χ3n) is 2.43. The molecule has 0 aliphatic heterocycles. The Morgan fingerprint density at radius 1 is 0.882 bits per heavy atom. The molecule has 0 atom stereocenters. The van der Waals surface area contributed by atoms with Gasteiger partial charge >= 0.3 is 12.1 Å². The van der Waals surface area contributed by atoms with Crippen molar-refractivity contribution in [3.63, 3.8) is 0 Å². The summed E-state index contributed by atoms with van der Waals surface area (Å²) in [6, 6.07) is 10.9. The lowest BCUT2D eigenvalue weighted by Gasteiger charge is -2.16. The van der Waals surface area contributed by atoms with Crippen LogP contribution in [-0.2, 0) is 0 Å². The van der Waals surface area contributed by atoms with Crippen molar-refractivity contribution in [2.24, 2.45) is 11.5 Å². The van der Waals surface area contributed by atoms with E-state index in [1.54, 1.807) is 18.2 Å². The standard InChI is InChI=1S/C12H11N3O2/c13-11(16)15(12(14)17)10-6-5-8-3-1-2-4-9(8)7-10/h1-7H,(H2,13,16)(H2,14,17). The summed E-state index contributed by atoms with van der Waals surface area (Å²) in [5, 5.41) is 1.91. The number of primary amides is 2. The lowest BCUT2D eigenvalue weighted by molar-refractivity contribution is 0.243. The highest BCUT2D eigenvalue weighted by atomic mass is 16.2. The van der Waals surface area contributed by atoms with Crippen molar-refractivity contribution in [1.82, 2.24) is 0 Å². The molecule has 5 nitrogen and oxygen atoms in total. The minimum absolute atomic E-state index is 0.365. The van der Waals surface area contributed by atoms with Gasteiger partial charge in [-0.05, 0) is 22.9 Å². The number of urea groups is 2. The lowest BCUT2D eigenvalue weighted by atomic mass is 10.1. The van der Waals surface area contributed by atoms with Crippen molar-refractivity contribution in [1.29, 1.82) is 0 Å². The molecule has 2 aromatic carbocycles. The molecular weight excluding hydrogens is 218 g/mol. The number of hydrogen-bond acceptors (Lipinski definition) is 2. The Hall–Kier alpha value is -2.56. The highest BCUT2D eigenvalue weighted by Gasteiger charge is 2.17. The Morgan fingerprint density at radius 2 is 1.47 bits per heavy atom. The number of nitrogens with two attached hydrogens (primary N) is 2. The van der Waals surface area contributed by atoms with Crippen LogP contribution in [0.15, 0.2) is 42.5 Å². The van der Waals surface area contributed by atoms with Gasteiger partial charge in [0.1, 0.15) is 0 Å². The average Bonchev–Trinajstić information content (AvgIpc) is 2.28. The molecule has 0 radical (unpaired) electrons. The second kappa shape index (κ2) is 4.13. The van der Waals surface area contributed by atoms with E-state index in [-0.39, 0.29) is 0 Å². The van der Waals surface area contributed by atoms with E-state index in [0.29, 0.717) is 5.69 Å². The third-order valence-corrected chi connectivity index (χ3v) is 2.43. The molecule has 0 saturated carbocycles. The van der Waals surface area contributed by atoms with Crippen LogP contribution in [0, 0.1) is 0 Å². The molecule has 0 fully saturated rings. The molecule has 4 amide bonds. The molecule has 0 unspecified atom stereocenters. The predicted octanol–water partition coefficient (Wildman–Crippen LogP) is 1.80. The third kappa shape index (κ3) is 2.03. The Kier molecular flexibility index (Phi) is 2.66. The summed E-state index contributed by atoms with van der Waals surface area (Å²) in [5.74, 6) is 0. The fourth-order valence-electron chi connectivity index (χ4n) is 1.68. The first-order valence-electron chi connectivity index (χ1n) is 4.97. The Balaban J connectivity index is 2.55. The molecule has 0 aliphatic rings. The van der Waals surface area contributed by atoms with Crippen LogP contribution in [0.4, 0.5) is 15.3 Å². The van der Waals surface area contributed by atoms with Gasteiger partial charge in [0.25, 0.3) is 0 Å². The average molecular weight is 229 g/mol. The van der Waals surface area contributed by atoms with Gasteiger partial charge in [-0.25, -0.2) is 14.5 Å². The van der Waals surface area contributed by atoms with Crippen LogP contribution in [0.5, 0.6) is 0 Å². The maximum absolute atomic E-state index is 11.1. The molecule has 5 heteroatoms. The Labute approximate surface area is 97.6 Å². The number of hydrogen-bond donors (Lipinski definition) is 2. The summed E-state index contributed by atoms with van der Waals surface area (Å²) in [6.07, 6.45) is 0. The first-order valence-corrected chi connectivity index (χ1v) is 4.97.